The van der Waals surface area contributed by atoms with Crippen LogP contribution in [0.15, 0.2) is 18.2 Å². The Morgan fingerprint density at radius 2 is 2.26 bits per heavy atom. The van der Waals surface area contributed by atoms with E-state index in [1.54, 1.807) is 0 Å². The molecule has 5 heteroatoms. The average molecular weight is 267 g/mol. The first kappa shape index (κ1) is 14.0. The molecule has 0 aromatic heterocycles. The maximum absolute atomic E-state index is 13.1. The van der Waals surface area contributed by atoms with Gasteiger partial charge in [0, 0.05) is 12.6 Å². The predicted octanol–water partition coefficient (Wildman–Crippen LogP) is 1.82. The van der Waals surface area contributed by atoms with Gasteiger partial charge in [-0.1, -0.05) is 0 Å². The number of morpholine rings is 1. The number of benzene rings is 1. The van der Waals surface area contributed by atoms with Crippen molar-refractivity contribution in [3.63, 3.8) is 0 Å². The molecule has 1 fully saturated rings. The number of ether oxygens (including phenoxy) is 1. The quantitative estimate of drug-likeness (QED) is 0.849. The molecule has 1 aromatic carbocycles. The number of hydrogen-bond donors (Lipinski definition) is 1. The lowest BCUT2D eigenvalue weighted by Crippen LogP contribution is -2.49. The zero-order valence-electron chi connectivity index (χ0n) is 11.1. The van der Waals surface area contributed by atoms with E-state index >= 15 is 0 Å². The van der Waals surface area contributed by atoms with Crippen LogP contribution in [0.25, 0.3) is 0 Å². The number of halogens is 1. The van der Waals surface area contributed by atoms with Gasteiger partial charge in [0.2, 0.25) is 0 Å². The molecule has 1 saturated heterocycles. The number of aromatic hydroxyl groups is 1. The number of rotatable bonds is 3. The molecule has 1 aliphatic rings. The number of hydrogen-bond acceptors (Lipinski definition) is 4. The monoisotopic (exact) mass is 267 g/mol. The number of Topliss-reactive ketones (excluding diaryl/α,β-unsaturated/α-hetero) is 1. The molecular weight excluding hydrogens is 249 g/mol. The first-order valence-electron chi connectivity index (χ1n) is 6.34. The Morgan fingerprint density at radius 3 is 3.00 bits per heavy atom. The Kier molecular flexibility index (Phi) is 4.17. The Hall–Kier alpha value is -1.46. The number of carbonyl (C=O) groups is 1. The van der Waals surface area contributed by atoms with E-state index in [2.05, 4.69) is 0 Å². The topological polar surface area (TPSA) is 49.8 Å². The maximum atomic E-state index is 13.1. The van der Waals surface area contributed by atoms with Crippen molar-refractivity contribution < 1.29 is 19.0 Å². The van der Waals surface area contributed by atoms with Crippen LogP contribution in [-0.4, -0.2) is 47.6 Å². The van der Waals surface area contributed by atoms with Crippen molar-refractivity contribution in [2.75, 3.05) is 19.7 Å². The summed E-state index contributed by atoms with van der Waals surface area (Å²) in [6.07, 6.45) is 0.0742. The van der Waals surface area contributed by atoms with E-state index in [1.807, 2.05) is 18.7 Å². The molecule has 0 aliphatic carbocycles. The third-order valence-electron chi connectivity index (χ3n) is 3.34. The summed E-state index contributed by atoms with van der Waals surface area (Å²) in [5.74, 6) is -0.983. The van der Waals surface area contributed by atoms with Crippen LogP contribution in [0.2, 0.25) is 0 Å². The van der Waals surface area contributed by atoms with Gasteiger partial charge in [-0.05, 0) is 32.0 Å². The minimum absolute atomic E-state index is 0.0337. The van der Waals surface area contributed by atoms with Crippen LogP contribution in [0, 0.1) is 5.82 Å². The Morgan fingerprint density at radius 1 is 1.53 bits per heavy atom. The van der Waals surface area contributed by atoms with Crippen LogP contribution < -0.4 is 0 Å². The molecule has 0 amide bonds. The van der Waals surface area contributed by atoms with Crippen molar-refractivity contribution in [2.24, 2.45) is 0 Å². The molecule has 1 N–H and O–H groups in total. The van der Waals surface area contributed by atoms with Gasteiger partial charge in [-0.25, -0.2) is 4.39 Å². The van der Waals surface area contributed by atoms with Crippen LogP contribution in [0.1, 0.15) is 24.2 Å². The lowest BCUT2D eigenvalue weighted by Gasteiger charge is -2.36. The van der Waals surface area contributed by atoms with Crippen molar-refractivity contribution in [1.82, 2.24) is 4.90 Å². The summed E-state index contributed by atoms with van der Waals surface area (Å²) in [5, 5.41) is 9.62. The van der Waals surface area contributed by atoms with Crippen molar-refractivity contribution >= 4 is 5.78 Å². The Balaban J connectivity index is 2.10. The standard InChI is InChI=1S/C14H18FNO3/c1-9-8-19-10(2)6-16(9)7-14(18)12-5-11(15)3-4-13(12)17/h3-5,9-10,17H,6-8H2,1-2H3. The third-order valence-corrected chi connectivity index (χ3v) is 3.34. The summed E-state index contributed by atoms with van der Waals surface area (Å²) in [6, 6.07) is 3.54. The molecule has 19 heavy (non-hydrogen) atoms. The van der Waals surface area contributed by atoms with Gasteiger partial charge in [-0.15, -0.1) is 0 Å². The van der Waals surface area contributed by atoms with Gasteiger partial charge in [0.15, 0.2) is 5.78 Å². The molecule has 1 heterocycles. The highest BCUT2D eigenvalue weighted by Crippen LogP contribution is 2.20. The van der Waals surface area contributed by atoms with Gasteiger partial charge in [0.25, 0.3) is 0 Å². The highest BCUT2D eigenvalue weighted by Gasteiger charge is 2.26. The Labute approximate surface area is 111 Å². The zero-order valence-corrected chi connectivity index (χ0v) is 11.1. The van der Waals surface area contributed by atoms with Crippen LogP contribution in [0.5, 0.6) is 5.75 Å². The molecular formula is C14H18FNO3. The molecule has 4 nitrogen and oxygen atoms in total. The highest BCUT2D eigenvalue weighted by atomic mass is 19.1. The van der Waals surface area contributed by atoms with E-state index < -0.39 is 5.82 Å². The maximum Gasteiger partial charge on any atom is 0.180 e. The van der Waals surface area contributed by atoms with E-state index in [0.29, 0.717) is 13.2 Å². The summed E-state index contributed by atoms with van der Waals surface area (Å²) in [4.78, 5) is 14.1. The van der Waals surface area contributed by atoms with E-state index in [9.17, 15) is 14.3 Å². The second-order valence-corrected chi connectivity index (χ2v) is 5.01. The number of ketones is 1. The van der Waals surface area contributed by atoms with Crippen LogP contribution in [-0.2, 0) is 4.74 Å². The largest absolute Gasteiger partial charge is 0.507 e. The van der Waals surface area contributed by atoms with Gasteiger partial charge in [0.05, 0.1) is 24.8 Å². The first-order chi connectivity index (χ1) is 8.97. The second-order valence-electron chi connectivity index (χ2n) is 5.01. The molecule has 0 bridgehead atoms. The van der Waals surface area contributed by atoms with Gasteiger partial charge in [0.1, 0.15) is 11.6 Å². The molecule has 2 atom stereocenters. The number of carbonyl (C=O) groups excluding carboxylic acids is 1. The molecule has 2 rings (SSSR count). The molecule has 1 aromatic rings. The van der Waals surface area contributed by atoms with Gasteiger partial charge in [-0.2, -0.15) is 0 Å². The second kappa shape index (κ2) is 5.67. The number of phenols is 1. The fourth-order valence-corrected chi connectivity index (χ4v) is 2.19. The van der Waals surface area contributed by atoms with E-state index in [-0.39, 0.29) is 35.8 Å². The fraction of sp³-hybridized carbons (Fsp3) is 0.500. The SMILES string of the molecule is CC1CN(CC(=O)c2cc(F)ccc2O)C(C)CO1. The van der Waals surface area contributed by atoms with Crippen LogP contribution in [0.4, 0.5) is 4.39 Å². The summed E-state index contributed by atoms with van der Waals surface area (Å²) in [7, 11) is 0. The lowest BCUT2D eigenvalue weighted by molar-refractivity contribution is -0.0460. The van der Waals surface area contributed by atoms with E-state index in [1.165, 1.54) is 6.07 Å². The predicted molar refractivity (Wildman–Crippen MR) is 68.8 cm³/mol. The summed E-state index contributed by atoms with van der Waals surface area (Å²) in [5.41, 5.74) is 0.0337. The van der Waals surface area contributed by atoms with E-state index in [4.69, 9.17) is 4.74 Å². The molecule has 2 unspecified atom stereocenters. The van der Waals surface area contributed by atoms with Crippen molar-refractivity contribution in [3.05, 3.63) is 29.6 Å². The first-order valence-corrected chi connectivity index (χ1v) is 6.34. The van der Waals surface area contributed by atoms with Gasteiger partial charge < -0.3 is 9.84 Å². The highest BCUT2D eigenvalue weighted by molar-refractivity contribution is 6.00. The molecule has 0 saturated carbocycles. The van der Waals surface area contributed by atoms with Crippen molar-refractivity contribution in [2.45, 2.75) is 26.0 Å². The molecule has 0 spiro atoms. The lowest BCUT2D eigenvalue weighted by atomic mass is 10.1. The third kappa shape index (κ3) is 3.30. The molecule has 0 radical (unpaired) electrons. The molecule has 1 aliphatic heterocycles. The minimum atomic E-state index is -0.524. The average Bonchev–Trinajstić information content (AvgIpc) is 2.36. The van der Waals surface area contributed by atoms with Crippen LogP contribution in [0.3, 0.4) is 0 Å². The van der Waals surface area contributed by atoms with Crippen molar-refractivity contribution in [1.29, 1.82) is 0 Å². The zero-order chi connectivity index (χ0) is 14.0. The number of nitrogens with zero attached hydrogens (tertiary/aromatic N) is 1. The normalized spacial score (nSPS) is 24.4. The van der Waals surface area contributed by atoms with Crippen molar-refractivity contribution in [3.8, 4) is 5.75 Å². The van der Waals surface area contributed by atoms with Crippen LogP contribution >= 0.6 is 0 Å². The van der Waals surface area contributed by atoms with Gasteiger partial charge in [-0.3, -0.25) is 9.69 Å². The number of phenolic OH excluding ortho intramolecular Hbond substituents is 1. The smallest absolute Gasteiger partial charge is 0.180 e. The fourth-order valence-electron chi connectivity index (χ4n) is 2.19. The molecule has 104 valence electrons. The minimum Gasteiger partial charge on any atom is -0.507 e. The summed E-state index contributed by atoms with van der Waals surface area (Å²) in [6.45, 7) is 5.31. The Bertz CT molecular complexity index is 478. The summed E-state index contributed by atoms with van der Waals surface area (Å²) < 4.78 is 18.6. The van der Waals surface area contributed by atoms with E-state index in [0.717, 1.165) is 12.1 Å². The van der Waals surface area contributed by atoms with Gasteiger partial charge >= 0.3 is 0 Å². The summed E-state index contributed by atoms with van der Waals surface area (Å²) >= 11 is 0.